The summed E-state index contributed by atoms with van der Waals surface area (Å²) < 4.78 is 54.1. The van der Waals surface area contributed by atoms with Gasteiger partial charge in [0, 0.05) is 21.1 Å². The topological polar surface area (TPSA) is 35.8 Å². The van der Waals surface area contributed by atoms with Gasteiger partial charge in [-0.1, -0.05) is 38.3 Å². The lowest BCUT2D eigenvalue weighted by atomic mass is 9.97. The van der Waals surface area contributed by atoms with Crippen LogP contribution in [-0.4, -0.2) is 23.6 Å². The monoisotopic (exact) mass is 430 g/mol. The number of fused-ring (bicyclic) bond motifs is 1. The number of nitrogens with zero attached hydrogens (tertiary/aromatic N) is 1. The quantitative estimate of drug-likeness (QED) is 0.326. The van der Waals surface area contributed by atoms with Crippen LogP contribution in [0.5, 0.6) is 0 Å². The Morgan fingerprint density at radius 2 is 2.00 bits per heavy atom. The zero-order valence-electron chi connectivity index (χ0n) is 15.6. The van der Waals surface area contributed by atoms with Gasteiger partial charge in [0.1, 0.15) is 12.2 Å². The number of nitrogens with one attached hydrogen (secondary N) is 1. The Balaban J connectivity index is 1.98. The molecule has 152 valence electrons. The fourth-order valence-corrected chi connectivity index (χ4v) is 6.49. The van der Waals surface area contributed by atoms with Crippen LogP contribution in [-0.2, 0) is 0 Å². The third-order valence-electron chi connectivity index (χ3n) is 5.32. The Morgan fingerprint density at radius 1 is 1.29 bits per heavy atom. The van der Waals surface area contributed by atoms with Gasteiger partial charge in [-0.3, -0.25) is 0 Å². The van der Waals surface area contributed by atoms with E-state index in [1.165, 1.54) is 0 Å². The molecule has 1 aromatic carbocycles. The summed E-state index contributed by atoms with van der Waals surface area (Å²) in [5.74, 6) is 4.24. The minimum absolute atomic E-state index is 0.0333. The van der Waals surface area contributed by atoms with E-state index in [-0.39, 0.29) is 27.5 Å². The number of thioether (sulfide) groups is 1. The molecule has 0 amide bonds. The average molecular weight is 431 g/mol. The van der Waals surface area contributed by atoms with Crippen molar-refractivity contribution in [2.45, 2.75) is 55.7 Å². The molecule has 0 spiro atoms. The number of halogens is 4. The van der Waals surface area contributed by atoms with Crippen molar-refractivity contribution in [2.24, 2.45) is 11.8 Å². The Hall–Kier alpha value is -1.46. The molecule has 1 heterocycles. The minimum atomic E-state index is -4.50. The molecule has 1 fully saturated rings. The normalized spacial score (nSPS) is 30.5. The van der Waals surface area contributed by atoms with Crippen LogP contribution in [0.4, 0.5) is 23.2 Å². The highest BCUT2D eigenvalue weighted by Crippen LogP contribution is 2.58. The highest BCUT2D eigenvalue weighted by Gasteiger charge is 2.38. The van der Waals surface area contributed by atoms with Crippen molar-refractivity contribution in [3.8, 4) is 6.07 Å². The summed E-state index contributed by atoms with van der Waals surface area (Å²) in [4.78, 5) is 0.514. The molecule has 3 rings (SSSR count). The first-order valence-corrected chi connectivity index (χ1v) is 11.3. The molecule has 1 aliphatic carbocycles. The van der Waals surface area contributed by atoms with Crippen molar-refractivity contribution < 1.29 is 17.6 Å². The first kappa shape index (κ1) is 21.3. The largest absolute Gasteiger partial charge is 0.446 e. The lowest BCUT2D eigenvalue weighted by Gasteiger charge is -2.27. The molecule has 1 N–H and O–H groups in total. The van der Waals surface area contributed by atoms with E-state index in [0.717, 1.165) is 12.8 Å². The summed E-state index contributed by atoms with van der Waals surface area (Å²) in [6, 6.07) is 6.46. The van der Waals surface area contributed by atoms with Crippen LogP contribution < -0.4 is 5.32 Å². The number of hydrogen-bond acceptors (Lipinski definition) is 3. The van der Waals surface area contributed by atoms with Gasteiger partial charge in [-0.05, 0) is 42.5 Å². The maximum Gasteiger partial charge on any atom is 0.446 e. The molecule has 0 bridgehead atoms. The van der Waals surface area contributed by atoms with Crippen molar-refractivity contribution in [3.63, 3.8) is 0 Å². The molecule has 28 heavy (non-hydrogen) atoms. The number of alkyl halides is 4. The number of allylic oxidation sites excluding steroid dienone is 1. The minimum Gasteiger partial charge on any atom is -0.378 e. The van der Waals surface area contributed by atoms with Gasteiger partial charge < -0.3 is 5.32 Å². The average Bonchev–Trinajstić information content (AvgIpc) is 2.82. The fraction of sp³-hybridized carbons (Fsp3) is 0.500. The highest BCUT2D eigenvalue weighted by molar-refractivity contribution is 8.20. The van der Waals surface area contributed by atoms with E-state index < -0.39 is 28.2 Å². The number of nitriles is 1. The molecule has 1 saturated carbocycles. The maximum atomic E-state index is 15.0. The molecule has 2 nitrogen and oxygen atoms in total. The molecule has 1 aromatic rings. The Labute approximate surface area is 169 Å². The van der Waals surface area contributed by atoms with E-state index in [9.17, 15) is 22.8 Å². The lowest BCUT2D eigenvalue weighted by molar-refractivity contribution is -0.0317. The van der Waals surface area contributed by atoms with Crippen LogP contribution in [0.2, 0.25) is 0 Å². The summed E-state index contributed by atoms with van der Waals surface area (Å²) >= 11 is -0.275. The molecule has 1 aliphatic heterocycles. The van der Waals surface area contributed by atoms with Crippen LogP contribution >= 0.6 is 22.2 Å². The summed E-state index contributed by atoms with van der Waals surface area (Å²) in [6.07, 6.45) is 1.39. The van der Waals surface area contributed by atoms with Crippen molar-refractivity contribution in [3.05, 3.63) is 28.7 Å². The number of rotatable bonds is 3. The second kappa shape index (κ2) is 8.11. The molecule has 1 unspecified atom stereocenters. The van der Waals surface area contributed by atoms with E-state index in [0.29, 0.717) is 28.5 Å². The standard InChI is InChI=1S/C20H22F4N2S2/c1-11-7-8-12(2)17(21)15(9-11)26-14-6-4-5-13-18(27-20(22,23)24)16(10-25)28(3)19(13)14/h4-6,11-12,15,17,26H,3,7-9H2,1-2H3/t11-,12+,15-,17+,28?/m1/s1. The van der Waals surface area contributed by atoms with Gasteiger partial charge >= 0.3 is 5.51 Å². The number of anilines is 1. The van der Waals surface area contributed by atoms with E-state index in [4.69, 9.17) is 0 Å². The zero-order chi connectivity index (χ0) is 20.6. The van der Waals surface area contributed by atoms with Crippen LogP contribution in [0.3, 0.4) is 0 Å². The molecule has 0 saturated heterocycles. The molecule has 0 radical (unpaired) electrons. The molecule has 2 aliphatic rings. The number of hydrogen-bond donors (Lipinski definition) is 1. The molecule has 8 heteroatoms. The van der Waals surface area contributed by atoms with Crippen molar-refractivity contribution >= 4 is 38.7 Å². The molecule has 0 aromatic heterocycles. The first-order valence-electron chi connectivity index (χ1n) is 9.10. The van der Waals surface area contributed by atoms with Crippen LogP contribution in [0.15, 0.2) is 28.0 Å². The van der Waals surface area contributed by atoms with Gasteiger partial charge in [0.25, 0.3) is 0 Å². The van der Waals surface area contributed by atoms with Crippen molar-refractivity contribution in [1.82, 2.24) is 0 Å². The van der Waals surface area contributed by atoms with E-state index in [1.54, 1.807) is 18.2 Å². The van der Waals surface area contributed by atoms with E-state index in [1.807, 2.05) is 13.0 Å². The first-order chi connectivity index (χ1) is 13.1. The van der Waals surface area contributed by atoms with Gasteiger partial charge in [-0.2, -0.15) is 18.4 Å². The summed E-state index contributed by atoms with van der Waals surface area (Å²) in [7, 11) is -1.04. The summed E-state index contributed by atoms with van der Waals surface area (Å²) in [6.45, 7) is 3.99. The van der Waals surface area contributed by atoms with Crippen LogP contribution in [0.1, 0.15) is 38.7 Å². The number of benzene rings is 1. The summed E-state index contributed by atoms with van der Waals surface area (Å²) in [5, 5.41) is 12.7. The molecular weight excluding hydrogens is 408 g/mol. The third-order valence-corrected chi connectivity index (χ3v) is 8.03. The fourth-order valence-electron chi connectivity index (χ4n) is 3.88. The Kier molecular flexibility index (Phi) is 6.16. The third kappa shape index (κ3) is 4.25. The van der Waals surface area contributed by atoms with Gasteiger partial charge in [-0.15, -0.1) is 10.5 Å². The van der Waals surface area contributed by atoms with Gasteiger partial charge in [0.2, 0.25) is 0 Å². The highest BCUT2D eigenvalue weighted by atomic mass is 32.2. The summed E-state index contributed by atoms with van der Waals surface area (Å²) in [5.41, 5.74) is -3.55. The van der Waals surface area contributed by atoms with Crippen molar-refractivity contribution in [2.75, 3.05) is 5.32 Å². The van der Waals surface area contributed by atoms with E-state index in [2.05, 4.69) is 18.1 Å². The molecule has 5 atom stereocenters. The predicted molar refractivity (Wildman–Crippen MR) is 110 cm³/mol. The van der Waals surface area contributed by atoms with Crippen LogP contribution in [0.25, 0.3) is 4.91 Å². The second-order valence-electron chi connectivity index (χ2n) is 7.48. The Bertz CT molecular complexity index is 857. The lowest BCUT2D eigenvalue weighted by Crippen LogP contribution is -2.34. The molecular formula is C20H22F4N2S2. The van der Waals surface area contributed by atoms with Gasteiger partial charge in [-0.25, -0.2) is 4.39 Å². The smallest absolute Gasteiger partial charge is 0.378 e. The Morgan fingerprint density at radius 3 is 2.64 bits per heavy atom. The van der Waals surface area contributed by atoms with E-state index >= 15 is 0 Å². The SMILES string of the molecule is C=S1C(C#N)=C(SC(F)(F)F)c2cccc(N[C@@H]3C[C@H](C)CC[C@H](C)[C@@H]3F)c21. The predicted octanol–water partition coefficient (Wildman–Crippen LogP) is 6.78. The van der Waals surface area contributed by atoms with Gasteiger partial charge in [0.15, 0.2) is 0 Å². The van der Waals surface area contributed by atoms with Crippen molar-refractivity contribution in [1.29, 1.82) is 5.26 Å². The van der Waals surface area contributed by atoms with Crippen LogP contribution in [0, 0.1) is 23.2 Å². The maximum absolute atomic E-state index is 15.0. The zero-order valence-corrected chi connectivity index (χ0v) is 17.3. The second-order valence-corrected chi connectivity index (χ2v) is 10.2. The van der Waals surface area contributed by atoms with Gasteiger partial charge in [0.05, 0.1) is 10.9 Å².